The van der Waals surface area contributed by atoms with Gasteiger partial charge in [0.25, 0.3) is 0 Å². The highest BCUT2D eigenvalue weighted by molar-refractivity contribution is 5.44. The Morgan fingerprint density at radius 2 is 2.07 bits per heavy atom. The van der Waals surface area contributed by atoms with Crippen LogP contribution in [0.15, 0.2) is 12.1 Å². The second kappa shape index (κ2) is 4.88. The lowest BCUT2D eigenvalue weighted by Gasteiger charge is -2.11. The fourth-order valence-electron chi connectivity index (χ4n) is 1.07. The zero-order valence-electron chi connectivity index (χ0n) is 7.84. The van der Waals surface area contributed by atoms with Gasteiger partial charge < -0.3 is 14.6 Å². The summed E-state index contributed by atoms with van der Waals surface area (Å²) in [7, 11) is 1.19. The van der Waals surface area contributed by atoms with Crippen molar-refractivity contribution in [2.45, 2.75) is 13.2 Å². The number of alkyl halides is 2. The number of aliphatic hydroxyl groups is 1. The maximum absolute atomic E-state index is 13.2. The van der Waals surface area contributed by atoms with E-state index in [1.807, 2.05) is 0 Å². The Hall–Kier alpha value is -1.43. The number of ether oxygens (including phenoxy) is 2. The fraction of sp³-hybridized carbons (Fsp3) is 0.333. The van der Waals surface area contributed by atoms with Gasteiger partial charge in [0, 0.05) is 0 Å². The van der Waals surface area contributed by atoms with E-state index in [0.29, 0.717) is 0 Å². The predicted octanol–water partition coefficient (Wildman–Crippen LogP) is 1.93. The molecule has 1 rings (SSSR count). The number of benzene rings is 1. The molecule has 1 N–H and O–H groups in total. The van der Waals surface area contributed by atoms with Crippen LogP contribution in [-0.4, -0.2) is 18.8 Å². The molecule has 0 aromatic heterocycles. The predicted molar refractivity (Wildman–Crippen MR) is 45.5 cm³/mol. The van der Waals surface area contributed by atoms with E-state index < -0.39 is 24.8 Å². The van der Waals surface area contributed by atoms with E-state index in [-0.39, 0.29) is 11.3 Å². The van der Waals surface area contributed by atoms with Crippen LogP contribution in [-0.2, 0) is 6.61 Å². The summed E-state index contributed by atoms with van der Waals surface area (Å²) in [5, 5.41) is 8.74. The molecular formula is C9H9F3O3. The third kappa shape index (κ3) is 2.76. The van der Waals surface area contributed by atoms with E-state index >= 15 is 0 Å². The van der Waals surface area contributed by atoms with Gasteiger partial charge in [0.05, 0.1) is 13.7 Å². The zero-order valence-corrected chi connectivity index (χ0v) is 7.84. The fourth-order valence-corrected chi connectivity index (χ4v) is 1.07. The van der Waals surface area contributed by atoms with Gasteiger partial charge in [-0.3, -0.25) is 0 Å². The number of aliphatic hydroxyl groups excluding tert-OH is 1. The average Bonchev–Trinajstić information content (AvgIpc) is 2.20. The van der Waals surface area contributed by atoms with Crippen molar-refractivity contribution < 1.29 is 27.8 Å². The lowest BCUT2D eigenvalue weighted by atomic mass is 10.2. The monoisotopic (exact) mass is 222 g/mol. The maximum atomic E-state index is 13.2. The topological polar surface area (TPSA) is 38.7 Å². The van der Waals surface area contributed by atoms with Crippen LogP contribution < -0.4 is 9.47 Å². The van der Waals surface area contributed by atoms with E-state index in [2.05, 4.69) is 9.47 Å². The van der Waals surface area contributed by atoms with Crippen molar-refractivity contribution in [3.05, 3.63) is 23.5 Å². The summed E-state index contributed by atoms with van der Waals surface area (Å²) in [6.07, 6.45) is 0. The Bertz CT molecular complexity index is 342. The van der Waals surface area contributed by atoms with E-state index in [0.717, 1.165) is 6.07 Å². The Labute approximate surface area is 84.0 Å². The van der Waals surface area contributed by atoms with Crippen molar-refractivity contribution in [1.82, 2.24) is 0 Å². The summed E-state index contributed by atoms with van der Waals surface area (Å²) in [5.74, 6) is -1.84. The molecule has 0 spiro atoms. The number of hydrogen-bond donors (Lipinski definition) is 1. The van der Waals surface area contributed by atoms with Gasteiger partial charge in [0.15, 0.2) is 11.6 Å². The van der Waals surface area contributed by atoms with E-state index in [4.69, 9.17) is 5.11 Å². The first-order valence-electron chi connectivity index (χ1n) is 4.00. The molecule has 0 bridgehead atoms. The smallest absolute Gasteiger partial charge is 0.387 e. The highest BCUT2D eigenvalue weighted by atomic mass is 19.3. The first-order valence-corrected chi connectivity index (χ1v) is 4.00. The molecule has 0 saturated heterocycles. The van der Waals surface area contributed by atoms with Crippen molar-refractivity contribution in [1.29, 1.82) is 0 Å². The van der Waals surface area contributed by atoms with Crippen molar-refractivity contribution in [2.75, 3.05) is 7.11 Å². The van der Waals surface area contributed by atoms with Crippen LogP contribution in [0.2, 0.25) is 0 Å². The van der Waals surface area contributed by atoms with E-state index in [9.17, 15) is 13.2 Å². The quantitative estimate of drug-likeness (QED) is 0.845. The molecule has 6 heteroatoms. The third-order valence-corrected chi connectivity index (χ3v) is 1.68. The van der Waals surface area contributed by atoms with Gasteiger partial charge in [-0.15, -0.1) is 0 Å². The normalized spacial score (nSPS) is 10.5. The van der Waals surface area contributed by atoms with Gasteiger partial charge in [0.2, 0.25) is 5.75 Å². The molecule has 0 atom stereocenters. The first-order chi connectivity index (χ1) is 7.08. The summed E-state index contributed by atoms with van der Waals surface area (Å²) in [6, 6.07) is 2.13. The summed E-state index contributed by atoms with van der Waals surface area (Å²) in [6.45, 7) is -3.55. The number of hydrogen-bond acceptors (Lipinski definition) is 3. The molecule has 0 aliphatic carbocycles. The summed E-state index contributed by atoms with van der Waals surface area (Å²) in [4.78, 5) is 0. The molecule has 0 saturated carbocycles. The standard InChI is InChI=1S/C9H9F3O3/c1-14-7-3-5(4-13)2-6(10)8(7)15-9(11)12/h2-3,9,13H,4H2,1H3. The molecule has 0 heterocycles. The summed E-state index contributed by atoms with van der Waals surface area (Å²) in [5.41, 5.74) is 0.214. The minimum atomic E-state index is -3.13. The summed E-state index contributed by atoms with van der Waals surface area (Å²) >= 11 is 0. The van der Waals surface area contributed by atoms with E-state index in [1.54, 1.807) is 0 Å². The van der Waals surface area contributed by atoms with Crippen molar-refractivity contribution in [3.8, 4) is 11.5 Å². The van der Waals surface area contributed by atoms with Crippen molar-refractivity contribution in [2.24, 2.45) is 0 Å². The molecule has 0 aliphatic rings. The van der Waals surface area contributed by atoms with Gasteiger partial charge in [-0.2, -0.15) is 8.78 Å². The van der Waals surface area contributed by atoms with Crippen LogP contribution in [0.25, 0.3) is 0 Å². The minimum absolute atomic E-state index is 0.181. The number of methoxy groups -OCH3 is 1. The van der Waals surface area contributed by atoms with Crippen molar-refractivity contribution >= 4 is 0 Å². The zero-order chi connectivity index (χ0) is 11.4. The summed E-state index contributed by atoms with van der Waals surface area (Å²) < 4.78 is 45.6. The van der Waals surface area contributed by atoms with Gasteiger partial charge in [-0.1, -0.05) is 0 Å². The highest BCUT2D eigenvalue weighted by Gasteiger charge is 2.16. The van der Waals surface area contributed by atoms with Crippen molar-refractivity contribution in [3.63, 3.8) is 0 Å². The second-order valence-electron chi connectivity index (χ2n) is 2.65. The Balaban J connectivity index is 3.12. The van der Waals surface area contributed by atoms with Gasteiger partial charge in [-0.05, 0) is 17.7 Å². The van der Waals surface area contributed by atoms with Crippen LogP contribution in [0.4, 0.5) is 13.2 Å². The molecule has 0 aliphatic heterocycles. The Morgan fingerprint density at radius 3 is 2.53 bits per heavy atom. The number of halogens is 3. The molecule has 1 aromatic carbocycles. The molecule has 0 unspecified atom stereocenters. The molecule has 0 fully saturated rings. The van der Waals surface area contributed by atoms with Crippen LogP contribution in [0.1, 0.15) is 5.56 Å². The van der Waals surface area contributed by atoms with Gasteiger partial charge in [-0.25, -0.2) is 4.39 Å². The first kappa shape index (κ1) is 11.6. The SMILES string of the molecule is COc1cc(CO)cc(F)c1OC(F)F. The molecule has 84 valence electrons. The molecule has 15 heavy (non-hydrogen) atoms. The second-order valence-corrected chi connectivity index (χ2v) is 2.65. The molecular weight excluding hydrogens is 213 g/mol. The molecule has 0 amide bonds. The number of rotatable bonds is 4. The lowest BCUT2D eigenvalue weighted by molar-refractivity contribution is -0.0536. The molecule has 3 nitrogen and oxygen atoms in total. The largest absolute Gasteiger partial charge is 0.493 e. The Morgan fingerprint density at radius 1 is 1.40 bits per heavy atom. The van der Waals surface area contributed by atoms with E-state index in [1.165, 1.54) is 13.2 Å². The molecule has 0 radical (unpaired) electrons. The third-order valence-electron chi connectivity index (χ3n) is 1.68. The highest BCUT2D eigenvalue weighted by Crippen LogP contribution is 2.32. The minimum Gasteiger partial charge on any atom is -0.493 e. The van der Waals surface area contributed by atoms with Crippen LogP contribution in [0.3, 0.4) is 0 Å². The van der Waals surface area contributed by atoms with Crippen LogP contribution in [0.5, 0.6) is 11.5 Å². The van der Waals surface area contributed by atoms with Gasteiger partial charge >= 0.3 is 6.61 Å². The maximum Gasteiger partial charge on any atom is 0.387 e. The average molecular weight is 222 g/mol. The van der Waals surface area contributed by atoms with Crippen LogP contribution in [0, 0.1) is 5.82 Å². The lowest BCUT2D eigenvalue weighted by Crippen LogP contribution is -2.06. The Kier molecular flexibility index (Phi) is 3.79. The van der Waals surface area contributed by atoms with Gasteiger partial charge in [0.1, 0.15) is 0 Å². The van der Waals surface area contributed by atoms with Crippen LogP contribution >= 0.6 is 0 Å². The molecule has 1 aromatic rings.